The number of benzene rings is 1. The van der Waals surface area contributed by atoms with E-state index in [9.17, 15) is 13.6 Å². The number of carbonyl (C=O) groups is 1. The molecule has 0 aliphatic carbocycles. The summed E-state index contributed by atoms with van der Waals surface area (Å²) in [4.78, 5) is 10.7. The summed E-state index contributed by atoms with van der Waals surface area (Å²) in [5.41, 5.74) is 0.0909. The van der Waals surface area contributed by atoms with Crippen molar-refractivity contribution in [2.45, 2.75) is 13.3 Å². The zero-order valence-corrected chi connectivity index (χ0v) is 8.49. The van der Waals surface area contributed by atoms with Crippen molar-refractivity contribution >= 4 is 21.7 Å². The van der Waals surface area contributed by atoms with Crippen molar-refractivity contribution in [3.63, 3.8) is 0 Å². The summed E-state index contributed by atoms with van der Waals surface area (Å²) in [5.74, 6) is -2.09. The van der Waals surface area contributed by atoms with Gasteiger partial charge in [0.25, 0.3) is 0 Å². The van der Waals surface area contributed by atoms with Crippen LogP contribution in [0.4, 0.5) is 8.78 Å². The summed E-state index contributed by atoms with van der Waals surface area (Å²) >= 11 is 2.85. The molecule has 0 bridgehead atoms. The second-order valence-electron chi connectivity index (χ2n) is 2.71. The lowest BCUT2D eigenvalue weighted by molar-refractivity contribution is -0.116. The molecule has 0 spiro atoms. The molecule has 0 unspecified atom stereocenters. The molecule has 0 radical (unpaired) electrons. The maximum absolute atomic E-state index is 13.1. The third-order valence-corrected chi connectivity index (χ3v) is 2.17. The number of hydrogen-bond acceptors (Lipinski definition) is 1. The first kappa shape index (κ1) is 10.3. The minimum atomic E-state index is -0.954. The fraction of sp³-hybridized carbons (Fsp3) is 0.222. The number of Topliss-reactive ketones (excluding diaryl/α,β-unsaturated/α-hetero) is 1. The van der Waals surface area contributed by atoms with Gasteiger partial charge in [-0.3, -0.25) is 4.79 Å². The van der Waals surface area contributed by atoms with Gasteiger partial charge in [-0.2, -0.15) is 0 Å². The van der Waals surface area contributed by atoms with E-state index in [0.717, 1.165) is 0 Å². The van der Waals surface area contributed by atoms with E-state index in [-0.39, 0.29) is 22.2 Å². The molecule has 0 saturated carbocycles. The molecule has 0 atom stereocenters. The van der Waals surface area contributed by atoms with Gasteiger partial charge in [0.05, 0.1) is 4.47 Å². The Kier molecular flexibility index (Phi) is 3.14. The minimum absolute atomic E-state index is 0.0669. The van der Waals surface area contributed by atoms with Crippen molar-refractivity contribution in [2.24, 2.45) is 0 Å². The van der Waals surface area contributed by atoms with E-state index in [2.05, 4.69) is 15.9 Å². The van der Waals surface area contributed by atoms with Crippen LogP contribution in [-0.4, -0.2) is 5.78 Å². The lowest BCUT2D eigenvalue weighted by Gasteiger charge is -2.02. The van der Waals surface area contributed by atoms with Gasteiger partial charge >= 0.3 is 0 Å². The Morgan fingerprint density at radius 2 is 2.00 bits per heavy atom. The molecule has 0 amide bonds. The molecule has 70 valence electrons. The van der Waals surface area contributed by atoms with Crippen molar-refractivity contribution in [1.82, 2.24) is 0 Å². The number of halogens is 3. The number of carbonyl (C=O) groups excluding carboxylic acids is 1. The summed E-state index contributed by atoms with van der Waals surface area (Å²) in [5, 5.41) is 0. The SMILES string of the molecule is CC(=O)Cc1ccc(Br)c(F)c1F. The van der Waals surface area contributed by atoms with Crippen LogP contribution in [0.5, 0.6) is 0 Å². The molecule has 1 aromatic carbocycles. The summed E-state index contributed by atoms with van der Waals surface area (Å²) < 4.78 is 26.0. The lowest BCUT2D eigenvalue weighted by Crippen LogP contribution is -2.01. The second kappa shape index (κ2) is 3.96. The van der Waals surface area contributed by atoms with E-state index in [1.807, 2.05) is 0 Å². The van der Waals surface area contributed by atoms with Gasteiger partial charge in [0.15, 0.2) is 11.6 Å². The molecule has 0 saturated heterocycles. The van der Waals surface area contributed by atoms with Gasteiger partial charge < -0.3 is 0 Å². The van der Waals surface area contributed by atoms with Crippen LogP contribution in [0.3, 0.4) is 0 Å². The molecule has 4 heteroatoms. The Labute approximate surface area is 82.9 Å². The molecule has 0 fully saturated rings. The zero-order chi connectivity index (χ0) is 10.0. The maximum atomic E-state index is 13.1. The second-order valence-corrected chi connectivity index (χ2v) is 3.57. The molecular formula is C9H7BrF2O. The predicted molar refractivity (Wildman–Crippen MR) is 48.4 cm³/mol. The monoisotopic (exact) mass is 248 g/mol. The van der Waals surface area contributed by atoms with E-state index >= 15 is 0 Å². The Morgan fingerprint density at radius 1 is 1.38 bits per heavy atom. The first-order valence-corrected chi connectivity index (χ1v) is 4.43. The summed E-state index contributed by atoms with van der Waals surface area (Å²) in [7, 11) is 0. The van der Waals surface area contributed by atoms with Crippen LogP contribution in [0.1, 0.15) is 12.5 Å². The average molecular weight is 249 g/mol. The van der Waals surface area contributed by atoms with Gasteiger partial charge in [-0.15, -0.1) is 0 Å². The standard InChI is InChI=1S/C9H7BrF2O/c1-5(13)4-6-2-3-7(10)9(12)8(6)11/h2-3H,4H2,1H3. The molecule has 0 aliphatic heterocycles. The van der Waals surface area contributed by atoms with E-state index in [1.54, 1.807) is 0 Å². The van der Waals surface area contributed by atoms with Gasteiger partial charge in [-0.05, 0) is 34.5 Å². The molecular weight excluding hydrogens is 242 g/mol. The summed E-state index contributed by atoms with van der Waals surface area (Å²) in [6.45, 7) is 1.33. The molecule has 0 aliphatic rings. The number of ketones is 1. The first-order chi connectivity index (χ1) is 6.02. The van der Waals surface area contributed by atoms with Crippen molar-refractivity contribution in [1.29, 1.82) is 0 Å². The van der Waals surface area contributed by atoms with Crippen LogP contribution >= 0.6 is 15.9 Å². The van der Waals surface area contributed by atoms with Gasteiger partial charge in [0.2, 0.25) is 0 Å². The Bertz CT molecular complexity index is 350. The molecule has 0 N–H and O–H groups in total. The van der Waals surface area contributed by atoms with Gasteiger partial charge in [0, 0.05) is 6.42 Å². The van der Waals surface area contributed by atoms with Crippen molar-refractivity contribution in [3.8, 4) is 0 Å². The van der Waals surface area contributed by atoms with Crippen molar-refractivity contribution < 1.29 is 13.6 Å². The highest BCUT2D eigenvalue weighted by Crippen LogP contribution is 2.21. The lowest BCUT2D eigenvalue weighted by atomic mass is 10.1. The van der Waals surface area contributed by atoms with Crippen LogP contribution in [0, 0.1) is 11.6 Å². The topological polar surface area (TPSA) is 17.1 Å². The molecule has 0 heterocycles. The zero-order valence-electron chi connectivity index (χ0n) is 6.90. The van der Waals surface area contributed by atoms with Crippen LogP contribution < -0.4 is 0 Å². The highest BCUT2D eigenvalue weighted by atomic mass is 79.9. The summed E-state index contributed by atoms with van der Waals surface area (Å²) in [6.07, 6.45) is -0.0734. The Morgan fingerprint density at radius 3 is 2.54 bits per heavy atom. The Balaban J connectivity index is 3.10. The minimum Gasteiger partial charge on any atom is -0.300 e. The molecule has 0 aromatic heterocycles. The van der Waals surface area contributed by atoms with Crippen LogP contribution in [0.2, 0.25) is 0 Å². The van der Waals surface area contributed by atoms with Gasteiger partial charge in [0.1, 0.15) is 5.78 Å². The van der Waals surface area contributed by atoms with Gasteiger partial charge in [-0.1, -0.05) is 6.07 Å². The fourth-order valence-corrected chi connectivity index (χ4v) is 1.28. The van der Waals surface area contributed by atoms with E-state index in [0.29, 0.717) is 0 Å². The number of hydrogen-bond donors (Lipinski definition) is 0. The van der Waals surface area contributed by atoms with E-state index in [4.69, 9.17) is 0 Å². The van der Waals surface area contributed by atoms with Crippen LogP contribution in [0.15, 0.2) is 16.6 Å². The van der Waals surface area contributed by atoms with Crippen LogP contribution in [0.25, 0.3) is 0 Å². The smallest absolute Gasteiger partial charge is 0.173 e. The van der Waals surface area contributed by atoms with Crippen molar-refractivity contribution in [3.05, 3.63) is 33.8 Å². The third-order valence-electron chi connectivity index (χ3n) is 1.55. The van der Waals surface area contributed by atoms with Crippen molar-refractivity contribution in [2.75, 3.05) is 0 Å². The molecule has 1 nitrogen and oxygen atoms in total. The Hall–Kier alpha value is -0.770. The normalized spacial score (nSPS) is 10.2. The largest absolute Gasteiger partial charge is 0.300 e. The predicted octanol–water partition coefficient (Wildman–Crippen LogP) is 2.86. The maximum Gasteiger partial charge on any atom is 0.173 e. The van der Waals surface area contributed by atoms with E-state index in [1.165, 1.54) is 19.1 Å². The molecule has 1 rings (SSSR count). The highest BCUT2D eigenvalue weighted by Gasteiger charge is 2.12. The van der Waals surface area contributed by atoms with Gasteiger partial charge in [-0.25, -0.2) is 8.78 Å². The molecule has 1 aromatic rings. The highest BCUT2D eigenvalue weighted by molar-refractivity contribution is 9.10. The van der Waals surface area contributed by atoms with E-state index < -0.39 is 11.6 Å². The summed E-state index contributed by atoms with van der Waals surface area (Å²) in [6, 6.07) is 2.78. The quantitative estimate of drug-likeness (QED) is 0.736. The van der Waals surface area contributed by atoms with Crippen LogP contribution in [-0.2, 0) is 11.2 Å². The fourth-order valence-electron chi connectivity index (χ4n) is 0.971. The number of rotatable bonds is 2. The first-order valence-electron chi connectivity index (χ1n) is 3.64. The third kappa shape index (κ3) is 2.34. The molecule has 13 heavy (non-hydrogen) atoms. The average Bonchev–Trinajstić information content (AvgIpc) is 2.06.